The van der Waals surface area contributed by atoms with Gasteiger partial charge in [-0.3, -0.25) is 9.48 Å². The summed E-state index contributed by atoms with van der Waals surface area (Å²) in [6.07, 6.45) is 5.22. The fraction of sp³-hybridized carbons (Fsp3) is 0.667. The monoisotopic (exact) mass is 274 g/mol. The topological polar surface area (TPSA) is 64.2 Å². The maximum Gasteiger partial charge on any atom is 0.242 e. The Bertz CT molecular complexity index is 351. The van der Waals surface area contributed by atoms with E-state index in [2.05, 4.69) is 5.10 Å². The summed E-state index contributed by atoms with van der Waals surface area (Å²) in [4.78, 5) is 13.8. The highest BCUT2D eigenvalue weighted by atomic mass is 35.5. The molecule has 0 aliphatic rings. The second kappa shape index (κ2) is 7.38. The van der Waals surface area contributed by atoms with Crippen molar-refractivity contribution in [2.24, 2.45) is 5.73 Å². The van der Waals surface area contributed by atoms with E-state index in [1.165, 1.54) is 0 Å². The second-order valence-corrected chi connectivity index (χ2v) is 4.66. The zero-order chi connectivity index (χ0) is 12.9. The lowest BCUT2D eigenvalue weighted by Crippen LogP contribution is -2.52. The first-order valence-electron chi connectivity index (χ1n) is 5.99. The molecule has 0 bridgehead atoms. The van der Waals surface area contributed by atoms with Gasteiger partial charge in [0.15, 0.2) is 0 Å². The number of amides is 1. The van der Waals surface area contributed by atoms with Crippen LogP contribution in [0.2, 0.25) is 0 Å². The Morgan fingerprint density at radius 2 is 2.22 bits per heavy atom. The Kier molecular flexibility index (Phi) is 6.94. The summed E-state index contributed by atoms with van der Waals surface area (Å²) >= 11 is 0. The molecule has 0 aliphatic carbocycles. The zero-order valence-corrected chi connectivity index (χ0v) is 12.1. The fourth-order valence-electron chi connectivity index (χ4n) is 1.85. The number of nitrogens with zero attached hydrogens (tertiary/aromatic N) is 3. The van der Waals surface area contributed by atoms with Gasteiger partial charge in [0, 0.05) is 26.0 Å². The third-order valence-electron chi connectivity index (χ3n) is 2.83. The maximum atomic E-state index is 12.1. The summed E-state index contributed by atoms with van der Waals surface area (Å²) in [5, 5.41) is 4.09. The van der Waals surface area contributed by atoms with Crippen LogP contribution in [0.5, 0.6) is 0 Å². The standard InChI is InChI=1S/C12H22N4O.ClH/c1-4-6-12(2,13)11(17)15(3)9-10-16-8-5-7-14-16;/h5,7-8H,4,6,9-10,13H2,1-3H3;1H. The number of carbonyl (C=O) groups excluding carboxylic acids is 1. The minimum Gasteiger partial charge on any atom is -0.342 e. The van der Waals surface area contributed by atoms with Crippen LogP contribution in [0.15, 0.2) is 18.5 Å². The SMILES string of the molecule is CCCC(C)(N)C(=O)N(C)CCn1cccn1.Cl. The van der Waals surface area contributed by atoms with Crippen LogP contribution < -0.4 is 5.73 Å². The lowest BCUT2D eigenvalue weighted by atomic mass is 9.96. The van der Waals surface area contributed by atoms with Crippen molar-refractivity contribution in [1.82, 2.24) is 14.7 Å². The first kappa shape index (κ1) is 16.9. The molecule has 1 unspecified atom stereocenters. The van der Waals surface area contributed by atoms with E-state index in [0.717, 1.165) is 6.42 Å². The normalized spacial score (nSPS) is 13.6. The molecule has 1 aromatic rings. The van der Waals surface area contributed by atoms with Crippen molar-refractivity contribution < 1.29 is 4.79 Å². The van der Waals surface area contributed by atoms with Gasteiger partial charge < -0.3 is 10.6 Å². The van der Waals surface area contributed by atoms with E-state index in [9.17, 15) is 4.79 Å². The van der Waals surface area contributed by atoms with E-state index >= 15 is 0 Å². The lowest BCUT2D eigenvalue weighted by molar-refractivity contribution is -0.135. The van der Waals surface area contributed by atoms with Crippen LogP contribution in [0.1, 0.15) is 26.7 Å². The van der Waals surface area contributed by atoms with Crippen LogP contribution in [0, 0.1) is 0 Å². The van der Waals surface area contributed by atoms with Crippen LogP contribution in [0.4, 0.5) is 0 Å². The van der Waals surface area contributed by atoms with Gasteiger partial charge in [-0.05, 0) is 19.4 Å². The van der Waals surface area contributed by atoms with Crippen LogP contribution in [0.3, 0.4) is 0 Å². The van der Waals surface area contributed by atoms with Crippen LogP contribution >= 0.6 is 12.4 Å². The number of nitrogens with two attached hydrogens (primary N) is 1. The molecule has 6 heteroatoms. The Morgan fingerprint density at radius 1 is 1.56 bits per heavy atom. The van der Waals surface area contributed by atoms with Crippen molar-refractivity contribution in [2.45, 2.75) is 38.8 Å². The summed E-state index contributed by atoms with van der Waals surface area (Å²) < 4.78 is 1.80. The molecule has 0 spiro atoms. The highest BCUT2D eigenvalue weighted by Crippen LogP contribution is 2.11. The van der Waals surface area contributed by atoms with Gasteiger partial charge in [-0.25, -0.2) is 0 Å². The molecule has 5 nitrogen and oxygen atoms in total. The molecule has 0 saturated carbocycles. The van der Waals surface area contributed by atoms with E-state index in [4.69, 9.17) is 5.73 Å². The number of hydrogen-bond donors (Lipinski definition) is 1. The average Bonchev–Trinajstić information content (AvgIpc) is 2.77. The Morgan fingerprint density at radius 3 is 2.72 bits per heavy atom. The molecule has 0 radical (unpaired) electrons. The van der Waals surface area contributed by atoms with E-state index in [-0.39, 0.29) is 18.3 Å². The summed E-state index contributed by atoms with van der Waals surface area (Å²) in [7, 11) is 1.78. The Balaban J connectivity index is 0.00000289. The second-order valence-electron chi connectivity index (χ2n) is 4.66. The van der Waals surface area contributed by atoms with Gasteiger partial charge in [0.1, 0.15) is 0 Å². The molecule has 2 N–H and O–H groups in total. The first-order chi connectivity index (χ1) is 7.97. The molecule has 1 atom stereocenters. The number of likely N-dealkylation sites (N-methyl/N-ethyl adjacent to an activating group) is 1. The molecule has 0 aliphatic heterocycles. The fourth-order valence-corrected chi connectivity index (χ4v) is 1.85. The minimum atomic E-state index is -0.756. The third kappa shape index (κ3) is 4.66. The molecule has 1 heterocycles. The van der Waals surface area contributed by atoms with E-state index < -0.39 is 5.54 Å². The highest BCUT2D eigenvalue weighted by Gasteiger charge is 2.29. The Hall–Kier alpha value is -1.07. The molecule has 0 fully saturated rings. The molecular formula is C12H23ClN4O. The van der Waals surface area contributed by atoms with Crippen molar-refractivity contribution in [3.05, 3.63) is 18.5 Å². The smallest absolute Gasteiger partial charge is 0.242 e. The van der Waals surface area contributed by atoms with Crippen LogP contribution in [-0.2, 0) is 11.3 Å². The molecule has 1 rings (SSSR count). The van der Waals surface area contributed by atoms with Gasteiger partial charge in [0.2, 0.25) is 5.91 Å². The quantitative estimate of drug-likeness (QED) is 0.850. The van der Waals surface area contributed by atoms with E-state index in [1.54, 1.807) is 29.7 Å². The van der Waals surface area contributed by atoms with Gasteiger partial charge in [-0.1, -0.05) is 13.3 Å². The first-order valence-corrected chi connectivity index (χ1v) is 5.99. The largest absolute Gasteiger partial charge is 0.342 e. The van der Waals surface area contributed by atoms with Gasteiger partial charge >= 0.3 is 0 Å². The average molecular weight is 275 g/mol. The van der Waals surface area contributed by atoms with Gasteiger partial charge in [0.05, 0.1) is 12.1 Å². The molecule has 0 saturated heterocycles. The van der Waals surface area contributed by atoms with Crippen LogP contribution in [0.25, 0.3) is 0 Å². The van der Waals surface area contributed by atoms with Gasteiger partial charge in [-0.2, -0.15) is 5.10 Å². The summed E-state index contributed by atoms with van der Waals surface area (Å²) in [6, 6.07) is 1.87. The Labute approximate surface area is 115 Å². The molecule has 1 amide bonds. The van der Waals surface area contributed by atoms with Crippen molar-refractivity contribution in [2.75, 3.05) is 13.6 Å². The number of halogens is 1. The van der Waals surface area contributed by atoms with Crippen molar-refractivity contribution in [1.29, 1.82) is 0 Å². The molecule has 0 aromatic carbocycles. The predicted octanol–water partition coefficient (Wildman–Crippen LogP) is 1.28. The number of carbonyl (C=O) groups is 1. The third-order valence-corrected chi connectivity index (χ3v) is 2.83. The minimum absolute atomic E-state index is 0. The predicted molar refractivity (Wildman–Crippen MR) is 74.6 cm³/mol. The molecule has 104 valence electrons. The summed E-state index contributed by atoms with van der Waals surface area (Å²) in [5.41, 5.74) is 5.25. The van der Waals surface area contributed by atoms with Gasteiger partial charge in [0.25, 0.3) is 0 Å². The number of aromatic nitrogens is 2. The summed E-state index contributed by atoms with van der Waals surface area (Å²) in [6.45, 7) is 5.14. The van der Waals surface area contributed by atoms with Crippen LogP contribution in [-0.4, -0.2) is 39.7 Å². The van der Waals surface area contributed by atoms with E-state index in [0.29, 0.717) is 19.5 Å². The number of rotatable bonds is 6. The summed E-state index contributed by atoms with van der Waals surface area (Å²) in [5.74, 6) is -0.00786. The van der Waals surface area contributed by atoms with Crippen molar-refractivity contribution in [3.63, 3.8) is 0 Å². The number of hydrogen-bond acceptors (Lipinski definition) is 3. The van der Waals surface area contributed by atoms with Crippen molar-refractivity contribution >= 4 is 18.3 Å². The zero-order valence-electron chi connectivity index (χ0n) is 11.3. The van der Waals surface area contributed by atoms with Gasteiger partial charge in [-0.15, -0.1) is 12.4 Å². The highest BCUT2D eigenvalue weighted by molar-refractivity contribution is 5.85. The van der Waals surface area contributed by atoms with E-state index in [1.807, 2.05) is 19.2 Å². The molecule has 18 heavy (non-hydrogen) atoms. The lowest BCUT2D eigenvalue weighted by Gasteiger charge is -2.28. The molecule has 1 aromatic heterocycles. The van der Waals surface area contributed by atoms with Crippen molar-refractivity contribution in [3.8, 4) is 0 Å². The molecular weight excluding hydrogens is 252 g/mol. The maximum absolute atomic E-state index is 12.1.